The fourth-order valence-corrected chi connectivity index (χ4v) is 7.80. The largest absolute Gasteiger partial charge is 0.462 e. The Bertz CT molecular complexity index is 1030. The maximum atomic E-state index is 14.0. The Morgan fingerprint density at radius 1 is 1.00 bits per heavy atom. The van der Waals surface area contributed by atoms with Crippen LogP contribution in [0.5, 0.6) is 0 Å². The molecule has 2 aromatic carbocycles. The molecule has 0 spiro atoms. The molecule has 4 heteroatoms. The molecule has 4 rings (SSSR count). The third-order valence-corrected chi connectivity index (χ3v) is 14.1. The van der Waals surface area contributed by atoms with E-state index < -0.39 is 13.9 Å². The van der Waals surface area contributed by atoms with Crippen molar-refractivity contribution in [3.63, 3.8) is 0 Å². The van der Waals surface area contributed by atoms with Crippen molar-refractivity contribution in [3.8, 4) is 0 Å². The quantitative estimate of drug-likeness (QED) is 0.258. The highest BCUT2D eigenvalue weighted by Gasteiger charge is 2.58. The van der Waals surface area contributed by atoms with Crippen LogP contribution in [0.1, 0.15) is 77.8 Å². The Kier molecular flexibility index (Phi) is 8.40. The van der Waals surface area contributed by atoms with Crippen LogP contribution >= 0.6 is 0 Å². The van der Waals surface area contributed by atoms with Crippen LogP contribution in [0.25, 0.3) is 0 Å². The molecule has 0 amide bonds. The van der Waals surface area contributed by atoms with E-state index in [9.17, 15) is 4.79 Å². The minimum atomic E-state index is -2.13. The average molecular weight is 521 g/mol. The van der Waals surface area contributed by atoms with Gasteiger partial charge in [-0.05, 0) is 79.1 Å². The molecule has 2 aromatic rings. The van der Waals surface area contributed by atoms with Gasteiger partial charge in [0, 0.05) is 0 Å². The highest BCUT2D eigenvalue weighted by atomic mass is 28.4. The van der Waals surface area contributed by atoms with E-state index in [1.165, 1.54) is 12.0 Å². The molecule has 0 N–H and O–H groups in total. The fraction of sp³-hybridized carbons (Fsp3) is 0.606. The molecular weight excluding hydrogens is 472 g/mol. The summed E-state index contributed by atoms with van der Waals surface area (Å²) in [4.78, 5) is 14.0. The second kappa shape index (κ2) is 11.1. The van der Waals surface area contributed by atoms with Crippen molar-refractivity contribution >= 4 is 14.3 Å². The van der Waals surface area contributed by atoms with Crippen LogP contribution in [0, 0.1) is 23.7 Å². The van der Waals surface area contributed by atoms with Crippen molar-refractivity contribution in [2.75, 3.05) is 0 Å². The lowest BCUT2D eigenvalue weighted by Crippen LogP contribution is -2.58. The first-order valence-corrected chi connectivity index (χ1v) is 17.3. The molecule has 6 atom stereocenters. The summed E-state index contributed by atoms with van der Waals surface area (Å²) >= 11 is 0. The zero-order chi connectivity index (χ0) is 26.8. The molecule has 202 valence electrons. The van der Waals surface area contributed by atoms with Gasteiger partial charge in [0.05, 0.1) is 11.5 Å². The lowest BCUT2D eigenvalue weighted by atomic mass is 9.65. The van der Waals surface area contributed by atoms with Crippen molar-refractivity contribution in [2.45, 2.75) is 103 Å². The summed E-state index contributed by atoms with van der Waals surface area (Å²) in [6.07, 6.45) is 6.01. The van der Waals surface area contributed by atoms with E-state index in [-0.39, 0.29) is 23.0 Å². The summed E-state index contributed by atoms with van der Waals surface area (Å²) in [7, 11) is -2.13. The van der Waals surface area contributed by atoms with Crippen LogP contribution in [0.4, 0.5) is 0 Å². The molecule has 37 heavy (non-hydrogen) atoms. The van der Waals surface area contributed by atoms with Crippen molar-refractivity contribution in [1.82, 2.24) is 0 Å². The molecule has 2 aliphatic carbocycles. The second-order valence-corrected chi connectivity index (χ2v) is 18.2. The number of hydrogen-bond donors (Lipinski definition) is 0. The lowest BCUT2D eigenvalue weighted by Gasteiger charge is -2.54. The van der Waals surface area contributed by atoms with Gasteiger partial charge in [-0.3, -0.25) is 4.79 Å². The summed E-state index contributed by atoms with van der Waals surface area (Å²) in [6, 6.07) is 21.2. The molecule has 2 fully saturated rings. The number of esters is 1. The molecule has 0 bridgehead atoms. The van der Waals surface area contributed by atoms with E-state index in [0.717, 1.165) is 37.7 Å². The van der Waals surface area contributed by atoms with Gasteiger partial charge in [0.25, 0.3) is 0 Å². The molecule has 0 heterocycles. The summed E-state index contributed by atoms with van der Waals surface area (Å²) in [5.74, 6) is 1.15. The fourth-order valence-electron chi connectivity index (χ4n) is 6.22. The van der Waals surface area contributed by atoms with E-state index >= 15 is 0 Å². The SMILES string of the molecule is CC(Cc1ccccc1)[C@@H]1CC[C@@H](C)C[C@H]1OC(=O)[C@@H]1CC[C@]1(O[Si](C)(C)C(C)(C)C)c1ccccc1. The Labute approximate surface area is 226 Å². The van der Waals surface area contributed by atoms with Crippen LogP contribution in [0.15, 0.2) is 60.7 Å². The number of benzene rings is 2. The Balaban J connectivity index is 1.55. The first kappa shape index (κ1) is 28.1. The third kappa shape index (κ3) is 6.06. The number of carbonyl (C=O) groups excluding carboxylic acids is 1. The number of carbonyl (C=O) groups is 1. The van der Waals surface area contributed by atoms with E-state index in [4.69, 9.17) is 9.16 Å². The summed E-state index contributed by atoms with van der Waals surface area (Å²) in [5.41, 5.74) is 1.91. The molecule has 0 aliphatic heterocycles. The minimum Gasteiger partial charge on any atom is -0.462 e. The van der Waals surface area contributed by atoms with Gasteiger partial charge in [-0.2, -0.15) is 0 Å². The maximum absolute atomic E-state index is 14.0. The van der Waals surface area contributed by atoms with E-state index in [2.05, 4.69) is 102 Å². The van der Waals surface area contributed by atoms with Gasteiger partial charge in [-0.1, -0.05) is 102 Å². The van der Waals surface area contributed by atoms with Gasteiger partial charge in [-0.15, -0.1) is 0 Å². The standard InChI is InChI=1S/C33H48O3Si/c1-24-18-19-28(25(2)23-26-14-10-8-11-15-26)30(22-24)35-31(34)29-20-21-33(29,27-16-12-9-13-17-27)36-37(6,7)32(3,4)5/h8-17,24-25,28-30H,18-23H2,1-7H3/t24-,25?,28+,29+,30-,33+/m1/s1. The first-order chi connectivity index (χ1) is 17.4. The van der Waals surface area contributed by atoms with E-state index in [1.807, 2.05) is 6.07 Å². The molecule has 2 aliphatic rings. The van der Waals surface area contributed by atoms with Gasteiger partial charge in [0.1, 0.15) is 6.10 Å². The zero-order valence-electron chi connectivity index (χ0n) is 24.1. The molecule has 2 saturated carbocycles. The smallest absolute Gasteiger partial charge is 0.312 e. The molecule has 0 saturated heterocycles. The molecule has 1 unspecified atom stereocenters. The normalized spacial score (nSPS) is 29.3. The van der Waals surface area contributed by atoms with Crippen LogP contribution < -0.4 is 0 Å². The van der Waals surface area contributed by atoms with Crippen LogP contribution in [-0.2, 0) is 26.0 Å². The monoisotopic (exact) mass is 520 g/mol. The lowest BCUT2D eigenvalue weighted by molar-refractivity contribution is -0.183. The van der Waals surface area contributed by atoms with Crippen LogP contribution in [0.2, 0.25) is 18.1 Å². The topological polar surface area (TPSA) is 35.5 Å². The average Bonchev–Trinajstić information content (AvgIpc) is 2.82. The highest BCUT2D eigenvalue weighted by molar-refractivity contribution is 6.74. The van der Waals surface area contributed by atoms with Crippen LogP contribution in [0.3, 0.4) is 0 Å². The number of hydrogen-bond acceptors (Lipinski definition) is 3. The number of ether oxygens (including phenoxy) is 1. The van der Waals surface area contributed by atoms with Crippen molar-refractivity contribution in [3.05, 3.63) is 71.8 Å². The summed E-state index contributed by atoms with van der Waals surface area (Å²) < 4.78 is 13.7. The van der Waals surface area contributed by atoms with Gasteiger partial charge in [-0.25, -0.2) is 0 Å². The van der Waals surface area contributed by atoms with E-state index in [0.29, 0.717) is 17.8 Å². The molecule has 0 radical (unpaired) electrons. The van der Waals surface area contributed by atoms with Gasteiger partial charge in [0.15, 0.2) is 8.32 Å². The molecular formula is C33H48O3Si. The Morgan fingerprint density at radius 3 is 2.19 bits per heavy atom. The second-order valence-electron chi connectivity index (χ2n) is 13.4. The predicted molar refractivity (Wildman–Crippen MR) is 155 cm³/mol. The maximum Gasteiger partial charge on any atom is 0.312 e. The van der Waals surface area contributed by atoms with Crippen molar-refractivity contribution in [1.29, 1.82) is 0 Å². The van der Waals surface area contributed by atoms with Gasteiger partial charge >= 0.3 is 5.97 Å². The Hall–Kier alpha value is -1.91. The molecule has 0 aromatic heterocycles. The highest BCUT2D eigenvalue weighted by Crippen LogP contribution is 2.55. The molecule has 3 nitrogen and oxygen atoms in total. The first-order valence-electron chi connectivity index (χ1n) is 14.4. The van der Waals surface area contributed by atoms with E-state index in [1.54, 1.807) is 0 Å². The number of rotatable bonds is 8. The third-order valence-electron chi connectivity index (χ3n) is 9.66. The van der Waals surface area contributed by atoms with Gasteiger partial charge < -0.3 is 9.16 Å². The summed E-state index contributed by atoms with van der Waals surface area (Å²) in [5, 5.41) is 0.0651. The van der Waals surface area contributed by atoms with Gasteiger partial charge in [0.2, 0.25) is 0 Å². The van der Waals surface area contributed by atoms with Crippen LogP contribution in [-0.4, -0.2) is 20.4 Å². The predicted octanol–water partition coefficient (Wildman–Crippen LogP) is 8.54. The minimum absolute atomic E-state index is 0.0168. The Morgan fingerprint density at radius 2 is 1.62 bits per heavy atom. The zero-order valence-corrected chi connectivity index (χ0v) is 25.1. The summed E-state index contributed by atoms with van der Waals surface area (Å²) in [6.45, 7) is 16.0. The van der Waals surface area contributed by atoms with Crippen molar-refractivity contribution < 1.29 is 14.0 Å². The van der Waals surface area contributed by atoms with Crippen molar-refractivity contribution in [2.24, 2.45) is 23.7 Å².